The van der Waals surface area contributed by atoms with Crippen LogP contribution in [0, 0.1) is 5.92 Å². The highest BCUT2D eigenvalue weighted by Crippen LogP contribution is 2.13. The van der Waals surface area contributed by atoms with Crippen molar-refractivity contribution >= 4 is 11.9 Å². The summed E-state index contributed by atoms with van der Waals surface area (Å²) >= 11 is 0. The van der Waals surface area contributed by atoms with Crippen LogP contribution < -0.4 is 10.1 Å². The quantitative estimate of drug-likeness (QED) is 0.782. The fourth-order valence-electron chi connectivity index (χ4n) is 1.86. The minimum absolute atomic E-state index is 0.0596. The molecule has 1 rings (SSSR count). The Balaban J connectivity index is 2.72. The third-order valence-electron chi connectivity index (χ3n) is 3.10. The zero-order valence-corrected chi connectivity index (χ0v) is 13.0. The Labute approximate surface area is 125 Å². The number of amides is 1. The maximum atomic E-state index is 12.3. The molecule has 0 spiro atoms. The largest absolute Gasteiger partial charge is 0.481 e. The van der Waals surface area contributed by atoms with Gasteiger partial charge in [-0.2, -0.15) is 0 Å². The summed E-state index contributed by atoms with van der Waals surface area (Å²) in [7, 11) is 1.31. The highest BCUT2D eigenvalue weighted by Gasteiger charge is 2.28. The first-order valence-corrected chi connectivity index (χ1v) is 7.09. The van der Waals surface area contributed by atoms with E-state index in [1.54, 1.807) is 12.1 Å². The number of para-hydroxylation sites is 1. The van der Waals surface area contributed by atoms with Crippen LogP contribution in [0.25, 0.3) is 0 Å². The fraction of sp³-hybridized carbons (Fsp3) is 0.500. The summed E-state index contributed by atoms with van der Waals surface area (Å²) in [4.78, 5) is 24.0. The highest BCUT2D eigenvalue weighted by atomic mass is 16.5. The summed E-state index contributed by atoms with van der Waals surface area (Å²) in [6.07, 6.45) is -0.134. The topological polar surface area (TPSA) is 64.6 Å². The van der Waals surface area contributed by atoms with Crippen LogP contribution >= 0.6 is 0 Å². The van der Waals surface area contributed by atoms with Crippen molar-refractivity contribution in [2.24, 2.45) is 5.92 Å². The molecular weight excluding hydrogens is 270 g/mol. The standard InChI is InChI=1S/C16H23NO4/c1-5-13(21-12-9-7-6-8-10-12)15(18)17-14(11(2)3)16(19)20-4/h6-11,13-14H,5H2,1-4H3,(H,17,18). The normalized spacial score (nSPS) is 13.4. The second-order valence-corrected chi connectivity index (χ2v) is 5.08. The number of hydrogen-bond donors (Lipinski definition) is 1. The molecule has 1 aromatic carbocycles. The van der Waals surface area contributed by atoms with Gasteiger partial charge in [-0.1, -0.05) is 39.0 Å². The summed E-state index contributed by atoms with van der Waals surface area (Å²) in [5.74, 6) is -0.201. The van der Waals surface area contributed by atoms with Crippen LogP contribution in [0.15, 0.2) is 30.3 Å². The van der Waals surface area contributed by atoms with Gasteiger partial charge in [0, 0.05) is 0 Å². The van der Waals surface area contributed by atoms with Gasteiger partial charge in [0.2, 0.25) is 0 Å². The zero-order valence-electron chi connectivity index (χ0n) is 13.0. The predicted octanol–water partition coefficient (Wildman–Crippen LogP) is 2.16. The Hall–Kier alpha value is -2.04. The van der Waals surface area contributed by atoms with Crippen molar-refractivity contribution in [3.8, 4) is 5.75 Å². The van der Waals surface area contributed by atoms with Crippen LogP contribution in [-0.2, 0) is 14.3 Å². The molecule has 0 saturated heterocycles. The summed E-state index contributed by atoms with van der Waals surface area (Å²) in [6.45, 7) is 5.55. The number of hydrogen-bond acceptors (Lipinski definition) is 4. The average Bonchev–Trinajstić information content (AvgIpc) is 2.49. The molecule has 21 heavy (non-hydrogen) atoms. The molecule has 5 nitrogen and oxygen atoms in total. The molecule has 0 heterocycles. The van der Waals surface area contributed by atoms with E-state index in [1.165, 1.54) is 7.11 Å². The second kappa shape index (κ2) is 8.29. The monoisotopic (exact) mass is 293 g/mol. The van der Waals surface area contributed by atoms with E-state index in [9.17, 15) is 9.59 Å². The van der Waals surface area contributed by atoms with Gasteiger partial charge in [-0.15, -0.1) is 0 Å². The first kappa shape index (κ1) is 17.0. The smallest absolute Gasteiger partial charge is 0.328 e. The van der Waals surface area contributed by atoms with E-state index < -0.39 is 18.1 Å². The number of methoxy groups -OCH3 is 1. The van der Waals surface area contributed by atoms with Gasteiger partial charge in [0.25, 0.3) is 5.91 Å². The maximum absolute atomic E-state index is 12.3. The Morgan fingerprint density at radius 3 is 2.29 bits per heavy atom. The molecular formula is C16H23NO4. The minimum Gasteiger partial charge on any atom is -0.481 e. The first-order chi connectivity index (χ1) is 9.99. The Morgan fingerprint density at radius 2 is 1.81 bits per heavy atom. The van der Waals surface area contributed by atoms with Crippen LogP contribution in [0.1, 0.15) is 27.2 Å². The Bertz CT molecular complexity index is 459. The van der Waals surface area contributed by atoms with Crippen molar-refractivity contribution in [3.63, 3.8) is 0 Å². The van der Waals surface area contributed by atoms with Gasteiger partial charge < -0.3 is 14.8 Å². The second-order valence-electron chi connectivity index (χ2n) is 5.08. The third-order valence-corrected chi connectivity index (χ3v) is 3.10. The predicted molar refractivity (Wildman–Crippen MR) is 79.9 cm³/mol. The molecule has 0 aliphatic heterocycles. The van der Waals surface area contributed by atoms with Crippen LogP contribution in [0.5, 0.6) is 5.75 Å². The fourth-order valence-corrected chi connectivity index (χ4v) is 1.86. The van der Waals surface area contributed by atoms with E-state index in [-0.39, 0.29) is 11.8 Å². The van der Waals surface area contributed by atoms with E-state index in [0.717, 1.165) is 0 Å². The highest BCUT2D eigenvalue weighted by molar-refractivity contribution is 5.87. The lowest BCUT2D eigenvalue weighted by atomic mass is 10.0. The molecule has 0 aliphatic carbocycles. The van der Waals surface area contributed by atoms with Crippen LogP contribution in [0.3, 0.4) is 0 Å². The summed E-state index contributed by atoms with van der Waals surface area (Å²) in [6, 6.07) is 8.46. The first-order valence-electron chi connectivity index (χ1n) is 7.09. The van der Waals surface area contributed by atoms with Gasteiger partial charge in [-0.3, -0.25) is 4.79 Å². The molecule has 0 saturated carbocycles. The summed E-state index contributed by atoms with van der Waals surface area (Å²) in [5, 5.41) is 2.70. The van der Waals surface area contributed by atoms with Gasteiger partial charge in [0.05, 0.1) is 7.11 Å². The lowest BCUT2D eigenvalue weighted by Crippen LogP contribution is -2.49. The zero-order chi connectivity index (χ0) is 15.8. The van der Waals surface area contributed by atoms with Crippen molar-refractivity contribution in [3.05, 3.63) is 30.3 Å². The maximum Gasteiger partial charge on any atom is 0.328 e. The molecule has 5 heteroatoms. The average molecular weight is 293 g/mol. The molecule has 2 atom stereocenters. The summed E-state index contributed by atoms with van der Waals surface area (Å²) < 4.78 is 10.4. The van der Waals surface area contributed by atoms with E-state index in [0.29, 0.717) is 12.2 Å². The summed E-state index contributed by atoms with van der Waals surface area (Å²) in [5.41, 5.74) is 0. The molecule has 1 aromatic rings. The van der Waals surface area contributed by atoms with Gasteiger partial charge in [0.15, 0.2) is 6.10 Å². The number of esters is 1. The van der Waals surface area contributed by atoms with Crippen molar-refractivity contribution in [1.29, 1.82) is 0 Å². The van der Waals surface area contributed by atoms with Crippen molar-refractivity contribution in [1.82, 2.24) is 5.32 Å². The molecule has 0 bridgehead atoms. The van der Waals surface area contributed by atoms with Gasteiger partial charge in [0.1, 0.15) is 11.8 Å². The molecule has 1 N–H and O–H groups in total. The lowest BCUT2D eigenvalue weighted by Gasteiger charge is -2.23. The lowest BCUT2D eigenvalue weighted by molar-refractivity contribution is -0.147. The van der Waals surface area contributed by atoms with E-state index in [2.05, 4.69) is 5.32 Å². The van der Waals surface area contributed by atoms with E-state index >= 15 is 0 Å². The van der Waals surface area contributed by atoms with Crippen LogP contribution in [0.2, 0.25) is 0 Å². The molecule has 2 unspecified atom stereocenters. The number of carbonyl (C=O) groups is 2. The minimum atomic E-state index is -0.670. The Kier molecular flexibility index (Phi) is 6.72. The van der Waals surface area contributed by atoms with Gasteiger partial charge in [-0.25, -0.2) is 4.79 Å². The van der Waals surface area contributed by atoms with Gasteiger partial charge in [-0.05, 0) is 24.5 Å². The molecule has 116 valence electrons. The molecule has 1 amide bonds. The van der Waals surface area contributed by atoms with Crippen LogP contribution in [-0.4, -0.2) is 31.1 Å². The van der Waals surface area contributed by atoms with Gasteiger partial charge >= 0.3 is 5.97 Å². The number of rotatable bonds is 7. The third kappa shape index (κ3) is 5.10. The van der Waals surface area contributed by atoms with Crippen molar-refractivity contribution < 1.29 is 19.1 Å². The van der Waals surface area contributed by atoms with Crippen LogP contribution in [0.4, 0.5) is 0 Å². The molecule has 0 aromatic heterocycles. The number of nitrogens with one attached hydrogen (secondary N) is 1. The van der Waals surface area contributed by atoms with E-state index in [1.807, 2.05) is 39.0 Å². The molecule has 0 aliphatic rings. The number of benzene rings is 1. The molecule has 0 radical (unpaired) electrons. The van der Waals surface area contributed by atoms with Crippen molar-refractivity contribution in [2.75, 3.05) is 7.11 Å². The molecule has 0 fully saturated rings. The van der Waals surface area contributed by atoms with Crippen molar-refractivity contribution in [2.45, 2.75) is 39.3 Å². The van der Waals surface area contributed by atoms with E-state index in [4.69, 9.17) is 9.47 Å². The Morgan fingerprint density at radius 1 is 1.19 bits per heavy atom. The SMILES string of the molecule is CCC(Oc1ccccc1)C(=O)NC(C(=O)OC)C(C)C. The number of ether oxygens (including phenoxy) is 2. The number of carbonyl (C=O) groups excluding carboxylic acids is 2.